The zero-order valence-corrected chi connectivity index (χ0v) is 10.0. The monoisotopic (exact) mass is 172 g/mol. The van der Waals surface area contributed by atoms with Crippen LogP contribution in [0, 0.1) is 0 Å². The van der Waals surface area contributed by atoms with Crippen molar-refractivity contribution in [1.82, 2.24) is 0 Å². The smallest absolute Gasteiger partial charge is 0.0882 e. The Morgan fingerprint density at radius 2 is 2.18 bits per heavy atom. The second-order valence-electron chi connectivity index (χ2n) is 2.94. The fraction of sp³-hybridized carbons (Fsp3) is 0.778. The molecule has 0 saturated heterocycles. The van der Waals surface area contributed by atoms with Gasteiger partial charge < -0.3 is 4.74 Å². The molecule has 0 amide bonds. The van der Waals surface area contributed by atoms with Gasteiger partial charge in [0.05, 0.1) is 12.4 Å². The molecule has 0 aliphatic heterocycles. The second kappa shape index (κ2) is 6.47. The minimum atomic E-state index is 0.662. The van der Waals surface area contributed by atoms with Crippen LogP contribution in [0.25, 0.3) is 0 Å². The first-order chi connectivity index (χ1) is 5.22. The molecule has 0 aliphatic carbocycles. The molecule has 2 heteroatoms. The fourth-order valence-electron chi connectivity index (χ4n) is 0.999. The van der Waals surface area contributed by atoms with Crippen LogP contribution >= 0.6 is 0 Å². The first-order valence-corrected chi connectivity index (χ1v) is 5.69. The van der Waals surface area contributed by atoms with Gasteiger partial charge in [0.1, 0.15) is 0 Å². The predicted octanol–water partition coefficient (Wildman–Crippen LogP) is 1.88. The van der Waals surface area contributed by atoms with Crippen molar-refractivity contribution >= 4 is 10.2 Å². The molecule has 0 fully saturated rings. The maximum absolute atomic E-state index is 5.34. The van der Waals surface area contributed by atoms with E-state index in [9.17, 15) is 0 Å². The van der Waals surface area contributed by atoms with E-state index in [1.807, 2.05) is 6.92 Å². The highest BCUT2D eigenvalue weighted by molar-refractivity contribution is 6.13. The minimum absolute atomic E-state index is 0.662. The zero-order valence-electron chi connectivity index (χ0n) is 8.02. The van der Waals surface area contributed by atoms with Crippen molar-refractivity contribution < 1.29 is 4.74 Å². The predicted molar refractivity (Wildman–Crippen MR) is 54.0 cm³/mol. The summed E-state index contributed by atoms with van der Waals surface area (Å²) in [5, 5.41) is 0. The van der Waals surface area contributed by atoms with Gasteiger partial charge in [-0.3, -0.25) is 0 Å². The van der Waals surface area contributed by atoms with Crippen molar-refractivity contribution in [3.8, 4) is 0 Å². The molecule has 0 aromatic carbocycles. The summed E-state index contributed by atoms with van der Waals surface area (Å²) < 4.78 is 5.34. The van der Waals surface area contributed by atoms with Crippen LogP contribution in [-0.2, 0) is 4.74 Å². The molecule has 1 unspecified atom stereocenters. The topological polar surface area (TPSA) is 9.23 Å². The van der Waals surface area contributed by atoms with Gasteiger partial charge in [-0.2, -0.15) is 0 Å². The summed E-state index contributed by atoms with van der Waals surface area (Å²) in [5.74, 6) is 1.01. The minimum Gasteiger partial charge on any atom is -0.499 e. The quantitative estimate of drug-likeness (QED) is 0.439. The van der Waals surface area contributed by atoms with Crippen LogP contribution in [0.2, 0.25) is 5.54 Å². The lowest BCUT2D eigenvalue weighted by molar-refractivity contribution is 0.218. The third kappa shape index (κ3) is 5.07. The highest BCUT2D eigenvalue weighted by Gasteiger charge is 2.05. The molecule has 0 bridgehead atoms. The summed E-state index contributed by atoms with van der Waals surface area (Å²) >= 11 is 0. The highest BCUT2D eigenvalue weighted by atomic mass is 28.1. The third-order valence-corrected chi connectivity index (χ3v) is 3.09. The van der Waals surface area contributed by atoms with Crippen LogP contribution in [0.5, 0.6) is 0 Å². The Kier molecular flexibility index (Phi) is 6.32. The standard InChI is InChI=1S/C9H20OSi/c1-4-6-7-9(11)8(3)10-5-2/h9H,3-7H2,1-2,11H3. The Morgan fingerprint density at radius 3 is 2.64 bits per heavy atom. The summed E-state index contributed by atoms with van der Waals surface area (Å²) in [6, 6.07) is 0. The van der Waals surface area contributed by atoms with Gasteiger partial charge in [0, 0.05) is 15.8 Å². The van der Waals surface area contributed by atoms with E-state index in [1.54, 1.807) is 0 Å². The molecule has 0 aromatic rings. The zero-order chi connectivity index (χ0) is 8.69. The Bertz CT molecular complexity index is 112. The van der Waals surface area contributed by atoms with E-state index in [4.69, 9.17) is 4.74 Å². The number of hydrogen-bond acceptors (Lipinski definition) is 1. The second-order valence-corrected chi connectivity index (χ2v) is 4.34. The first-order valence-electron chi connectivity index (χ1n) is 4.53. The largest absolute Gasteiger partial charge is 0.499 e. The van der Waals surface area contributed by atoms with Gasteiger partial charge in [-0.1, -0.05) is 26.3 Å². The molecule has 0 radical (unpaired) electrons. The molecule has 0 aliphatic rings. The normalized spacial score (nSPS) is 12.9. The van der Waals surface area contributed by atoms with Crippen molar-refractivity contribution in [3.05, 3.63) is 12.3 Å². The highest BCUT2D eigenvalue weighted by Crippen LogP contribution is 2.19. The Morgan fingerprint density at radius 1 is 1.55 bits per heavy atom. The summed E-state index contributed by atoms with van der Waals surface area (Å²) in [5.41, 5.74) is 0.662. The lowest BCUT2D eigenvalue weighted by atomic mass is 10.2. The Hall–Kier alpha value is -0.243. The van der Waals surface area contributed by atoms with Crippen molar-refractivity contribution in [2.45, 2.75) is 38.7 Å². The average molecular weight is 172 g/mol. The Labute approximate surface area is 73.3 Å². The maximum atomic E-state index is 5.34. The molecule has 0 N–H and O–H groups in total. The molecule has 1 nitrogen and oxygen atoms in total. The van der Waals surface area contributed by atoms with E-state index in [2.05, 4.69) is 13.5 Å². The molecule has 0 rings (SSSR count). The van der Waals surface area contributed by atoms with Gasteiger partial charge in [0.15, 0.2) is 0 Å². The van der Waals surface area contributed by atoms with Gasteiger partial charge in [0.2, 0.25) is 0 Å². The van der Waals surface area contributed by atoms with Gasteiger partial charge in [-0.05, 0) is 13.3 Å². The fourth-order valence-corrected chi connectivity index (χ4v) is 1.57. The van der Waals surface area contributed by atoms with Gasteiger partial charge in [0.25, 0.3) is 0 Å². The average Bonchev–Trinajstić information content (AvgIpc) is 2.00. The number of unbranched alkanes of at least 4 members (excludes halogenated alkanes) is 1. The SMILES string of the molecule is C=C(OCC)C([SiH3])CCCC. The first kappa shape index (κ1) is 10.8. The van der Waals surface area contributed by atoms with Crippen molar-refractivity contribution in [2.24, 2.45) is 0 Å². The lowest BCUT2D eigenvalue weighted by Gasteiger charge is -2.13. The van der Waals surface area contributed by atoms with E-state index >= 15 is 0 Å². The van der Waals surface area contributed by atoms with Gasteiger partial charge >= 0.3 is 0 Å². The molecular formula is C9H20OSi. The number of ether oxygens (including phenoxy) is 1. The van der Waals surface area contributed by atoms with Crippen molar-refractivity contribution in [2.75, 3.05) is 6.61 Å². The van der Waals surface area contributed by atoms with E-state index < -0.39 is 0 Å². The summed E-state index contributed by atoms with van der Waals surface area (Å²) in [4.78, 5) is 0. The van der Waals surface area contributed by atoms with Crippen LogP contribution in [-0.4, -0.2) is 16.8 Å². The lowest BCUT2D eigenvalue weighted by Crippen LogP contribution is -2.00. The van der Waals surface area contributed by atoms with E-state index in [1.165, 1.54) is 29.5 Å². The number of rotatable bonds is 6. The Balaban J connectivity index is 3.46. The third-order valence-electron chi connectivity index (χ3n) is 1.87. The molecule has 0 spiro atoms. The van der Waals surface area contributed by atoms with Crippen LogP contribution in [0.3, 0.4) is 0 Å². The number of allylic oxidation sites excluding steroid dienone is 1. The molecule has 0 saturated carbocycles. The van der Waals surface area contributed by atoms with Crippen molar-refractivity contribution in [3.63, 3.8) is 0 Å². The van der Waals surface area contributed by atoms with E-state index in [0.717, 1.165) is 12.4 Å². The summed E-state index contributed by atoms with van der Waals surface area (Å²) in [7, 11) is 1.18. The van der Waals surface area contributed by atoms with Crippen LogP contribution < -0.4 is 0 Å². The van der Waals surface area contributed by atoms with Gasteiger partial charge in [-0.15, -0.1) is 0 Å². The molecule has 0 heterocycles. The van der Waals surface area contributed by atoms with Gasteiger partial charge in [-0.25, -0.2) is 0 Å². The maximum Gasteiger partial charge on any atom is 0.0882 e. The molecule has 0 aromatic heterocycles. The number of hydrogen-bond donors (Lipinski definition) is 0. The van der Waals surface area contributed by atoms with Crippen LogP contribution in [0.15, 0.2) is 12.3 Å². The van der Waals surface area contributed by atoms with Crippen molar-refractivity contribution in [1.29, 1.82) is 0 Å². The molecular weight excluding hydrogens is 152 g/mol. The van der Waals surface area contributed by atoms with Crippen LogP contribution in [0.4, 0.5) is 0 Å². The summed E-state index contributed by atoms with van der Waals surface area (Å²) in [6.07, 6.45) is 3.85. The molecule has 66 valence electrons. The van der Waals surface area contributed by atoms with E-state index in [-0.39, 0.29) is 0 Å². The van der Waals surface area contributed by atoms with Crippen LogP contribution in [0.1, 0.15) is 33.1 Å². The molecule has 11 heavy (non-hydrogen) atoms. The van der Waals surface area contributed by atoms with E-state index in [0.29, 0.717) is 5.54 Å². The molecule has 1 atom stereocenters. The summed E-state index contributed by atoms with van der Waals surface area (Å²) in [6.45, 7) is 8.91.